The molecule has 11 heavy (non-hydrogen) atoms. The van der Waals surface area contributed by atoms with Gasteiger partial charge >= 0.3 is 0 Å². The van der Waals surface area contributed by atoms with Gasteiger partial charge < -0.3 is 4.85 Å². The average molecular weight is 214 g/mol. The number of hydrogen-bond donors (Lipinski definition) is 0. The van der Waals surface area contributed by atoms with E-state index in [0.717, 1.165) is 0 Å². The van der Waals surface area contributed by atoms with E-state index in [2.05, 4.69) is 20.8 Å². The first-order valence-electron chi connectivity index (χ1n) is 3.01. The van der Waals surface area contributed by atoms with Gasteiger partial charge in [0.25, 0.3) is 0 Å². The third kappa shape index (κ3) is 2.02. The van der Waals surface area contributed by atoms with Gasteiger partial charge in [-0.1, -0.05) is 15.9 Å². The highest BCUT2D eigenvalue weighted by Gasteiger charge is 2.03. The quantitative estimate of drug-likeness (QED) is 0.633. The SMILES string of the molecule is [C-]#[N+]Cc1ccc(Br)cc1F. The molecule has 0 saturated carbocycles. The topological polar surface area (TPSA) is 4.36 Å². The zero-order valence-electron chi connectivity index (χ0n) is 5.64. The smallest absolute Gasteiger partial charge is 0.242 e. The molecule has 0 aromatic heterocycles. The standard InChI is InChI=1S/C8H5BrFN/c1-11-5-6-2-3-7(9)4-8(6)10/h2-4H,5H2. The molecule has 3 heteroatoms. The number of rotatable bonds is 1. The lowest BCUT2D eigenvalue weighted by Crippen LogP contribution is -1.85. The Kier molecular flexibility index (Phi) is 2.61. The second kappa shape index (κ2) is 3.49. The summed E-state index contributed by atoms with van der Waals surface area (Å²) in [4.78, 5) is 3.09. The Morgan fingerprint density at radius 1 is 1.55 bits per heavy atom. The lowest BCUT2D eigenvalue weighted by Gasteiger charge is -1.94. The van der Waals surface area contributed by atoms with Gasteiger partial charge in [-0.3, -0.25) is 0 Å². The first-order valence-corrected chi connectivity index (χ1v) is 3.80. The largest absolute Gasteiger partial charge is 0.312 e. The van der Waals surface area contributed by atoms with Gasteiger partial charge in [-0.2, -0.15) is 0 Å². The summed E-state index contributed by atoms with van der Waals surface area (Å²) in [5.41, 5.74) is 0.447. The van der Waals surface area contributed by atoms with Crippen molar-refractivity contribution in [3.8, 4) is 0 Å². The molecule has 1 rings (SSSR count). The normalized spacial score (nSPS) is 9.18. The zero-order valence-corrected chi connectivity index (χ0v) is 7.23. The lowest BCUT2D eigenvalue weighted by atomic mass is 10.2. The van der Waals surface area contributed by atoms with Crippen LogP contribution in [-0.4, -0.2) is 0 Å². The molecule has 0 atom stereocenters. The van der Waals surface area contributed by atoms with Gasteiger partial charge in [0.15, 0.2) is 0 Å². The minimum atomic E-state index is -0.324. The third-order valence-corrected chi connectivity index (χ3v) is 1.76. The highest BCUT2D eigenvalue weighted by atomic mass is 79.9. The molecule has 0 aliphatic heterocycles. The van der Waals surface area contributed by atoms with Crippen LogP contribution < -0.4 is 0 Å². The molecule has 0 fully saturated rings. The summed E-state index contributed by atoms with van der Waals surface area (Å²) >= 11 is 3.13. The monoisotopic (exact) mass is 213 g/mol. The molecule has 0 radical (unpaired) electrons. The maximum absolute atomic E-state index is 12.9. The summed E-state index contributed by atoms with van der Waals surface area (Å²) in [5, 5.41) is 0. The van der Waals surface area contributed by atoms with Crippen LogP contribution in [0.15, 0.2) is 22.7 Å². The molecule has 0 amide bonds. The zero-order chi connectivity index (χ0) is 8.27. The highest BCUT2D eigenvalue weighted by Crippen LogP contribution is 2.15. The molecule has 0 N–H and O–H groups in total. The van der Waals surface area contributed by atoms with E-state index in [1.807, 2.05) is 0 Å². The Morgan fingerprint density at radius 2 is 2.27 bits per heavy atom. The van der Waals surface area contributed by atoms with Crippen LogP contribution in [0.1, 0.15) is 5.56 Å². The van der Waals surface area contributed by atoms with E-state index >= 15 is 0 Å². The molecule has 0 aliphatic rings. The van der Waals surface area contributed by atoms with E-state index in [1.165, 1.54) is 6.07 Å². The fraction of sp³-hybridized carbons (Fsp3) is 0.125. The molecule has 56 valence electrons. The van der Waals surface area contributed by atoms with Crippen molar-refractivity contribution < 1.29 is 4.39 Å². The van der Waals surface area contributed by atoms with E-state index in [1.54, 1.807) is 12.1 Å². The number of hydrogen-bond acceptors (Lipinski definition) is 0. The number of benzene rings is 1. The van der Waals surface area contributed by atoms with E-state index in [9.17, 15) is 4.39 Å². The predicted octanol–water partition coefficient (Wildman–Crippen LogP) is 3.01. The Morgan fingerprint density at radius 3 is 2.82 bits per heavy atom. The molecule has 0 spiro atoms. The lowest BCUT2D eigenvalue weighted by molar-refractivity contribution is 0.614. The van der Waals surface area contributed by atoms with Gasteiger partial charge in [0.1, 0.15) is 5.82 Å². The van der Waals surface area contributed by atoms with Gasteiger partial charge in [0, 0.05) is 4.47 Å². The van der Waals surface area contributed by atoms with E-state index in [-0.39, 0.29) is 12.4 Å². The van der Waals surface area contributed by atoms with Crippen LogP contribution in [0.4, 0.5) is 4.39 Å². The third-order valence-electron chi connectivity index (χ3n) is 1.26. The summed E-state index contributed by atoms with van der Waals surface area (Å²) < 4.78 is 13.6. The van der Waals surface area contributed by atoms with Crippen molar-refractivity contribution >= 4 is 15.9 Å². The van der Waals surface area contributed by atoms with Gasteiger partial charge in [-0.05, 0) is 18.2 Å². The van der Waals surface area contributed by atoms with Gasteiger partial charge in [0.2, 0.25) is 6.54 Å². The maximum Gasteiger partial charge on any atom is 0.242 e. The fourth-order valence-corrected chi connectivity index (χ4v) is 1.07. The van der Waals surface area contributed by atoms with Crippen molar-refractivity contribution in [1.29, 1.82) is 0 Å². The Hall–Kier alpha value is -0.880. The van der Waals surface area contributed by atoms with Gasteiger partial charge in [0.05, 0.1) is 5.56 Å². The summed E-state index contributed by atoms with van der Waals surface area (Å²) in [5.74, 6) is -0.324. The number of halogens is 2. The average Bonchev–Trinajstić information content (AvgIpc) is 1.95. The van der Waals surface area contributed by atoms with E-state index < -0.39 is 0 Å². The molecule has 1 nitrogen and oxygen atoms in total. The van der Waals surface area contributed by atoms with Crippen LogP contribution in [0.2, 0.25) is 0 Å². The van der Waals surface area contributed by atoms with Gasteiger partial charge in [-0.25, -0.2) is 11.0 Å². The minimum absolute atomic E-state index is 0.110. The van der Waals surface area contributed by atoms with Crippen LogP contribution in [-0.2, 0) is 6.54 Å². The second-order valence-electron chi connectivity index (χ2n) is 2.05. The van der Waals surface area contributed by atoms with Crippen molar-refractivity contribution in [2.45, 2.75) is 6.54 Å². The van der Waals surface area contributed by atoms with Crippen molar-refractivity contribution in [3.05, 3.63) is 45.5 Å². The molecule has 0 unspecified atom stereocenters. The van der Waals surface area contributed by atoms with Gasteiger partial charge in [-0.15, -0.1) is 0 Å². The molecule has 0 aliphatic carbocycles. The van der Waals surface area contributed by atoms with E-state index in [4.69, 9.17) is 6.57 Å². The first-order chi connectivity index (χ1) is 5.24. The molecule has 1 aromatic rings. The Balaban J connectivity index is 3.01. The highest BCUT2D eigenvalue weighted by molar-refractivity contribution is 9.10. The summed E-state index contributed by atoms with van der Waals surface area (Å²) in [6.07, 6.45) is 0. The molecule has 1 aromatic carbocycles. The van der Waals surface area contributed by atoms with Crippen LogP contribution in [0, 0.1) is 12.4 Å². The van der Waals surface area contributed by atoms with Crippen LogP contribution in [0.3, 0.4) is 0 Å². The van der Waals surface area contributed by atoms with Crippen LogP contribution >= 0.6 is 15.9 Å². The van der Waals surface area contributed by atoms with Crippen LogP contribution in [0.5, 0.6) is 0 Å². The summed E-state index contributed by atoms with van der Waals surface area (Å²) in [7, 11) is 0. The summed E-state index contributed by atoms with van der Waals surface area (Å²) in [6, 6.07) is 4.70. The predicted molar refractivity (Wildman–Crippen MR) is 44.4 cm³/mol. The van der Waals surface area contributed by atoms with Crippen molar-refractivity contribution in [2.75, 3.05) is 0 Å². The van der Waals surface area contributed by atoms with Crippen molar-refractivity contribution in [1.82, 2.24) is 0 Å². The Bertz CT molecular complexity index is 303. The molecular formula is C8H5BrFN. The molecule has 0 saturated heterocycles. The Labute approximate surface area is 72.8 Å². The fourth-order valence-electron chi connectivity index (χ4n) is 0.735. The number of nitrogens with zero attached hydrogens (tertiary/aromatic N) is 1. The minimum Gasteiger partial charge on any atom is -0.312 e. The molecule has 0 heterocycles. The van der Waals surface area contributed by atoms with E-state index in [0.29, 0.717) is 10.0 Å². The maximum atomic E-state index is 12.9. The molecule has 0 bridgehead atoms. The first kappa shape index (κ1) is 8.22. The second-order valence-corrected chi connectivity index (χ2v) is 2.97. The van der Waals surface area contributed by atoms with Crippen molar-refractivity contribution in [3.63, 3.8) is 0 Å². The molecular weight excluding hydrogens is 209 g/mol. The van der Waals surface area contributed by atoms with Crippen molar-refractivity contribution in [2.24, 2.45) is 0 Å². The summed E-state index contributed by atoms with van der Waals surface area (Å²) in [6.45, 7) is 6.65. The van der Waals surface area contributed by atoms with Crippen LogP contribution in [0.25, 0.3) is 4.85 Å².